The van der Waals surface area contributed by atoms with Gasteiger partial charge in [-0.05, 0) is 69.3 Å². The van der Waals surface area contributed by atoms with Gasteiger partial charge in [0.05, 0.1) is 13.2 Å². The van der Waals surface area contributed by atoms with Crippen molar-refractivity contribution in [3.05, 3.63) is 29.8 Å². The zero-order valence-electron chi connectivity index (χ0n) is 23.7. The molecule has 0 aromatic heterocycles. The number of nitrogens with zero attached hydrogens (tertiary/aromatic N) is 1. The summed E-state index contributed by atoms with van der Waals surface area (Å²) in [7, 11) is 0. The number of rotatable bonds is 24. The van der Waals surface area contributed by atoms with Crippen molar-refractivity contribution in [1.29, 1.82) is 0 Å². The number of hydrogen-bond acceptors (Lipinski definition) is 6. The molecule has 0 spiro atoms. The number of carbonyl (C=O) groups is 2. The summed E-state index contributed by atoms with van der Waals surface area (Å²) in [5.74, 6) is 0.424. The van der Waals surface area contributed by atoms with Crippen LogP contribution in [0.15, 0.2) is 24.3 Å². The van der Waals surface area contributed by atoms with E-state index in [0.29, 0.717) is 25.2 Å². The first-order chi connectivity index (χ1) is 18.1. The number of aliphatic hydroxyl groups is 1. The molecular formula is C31H53NO5. The summed E-state index contributed by atoms with van der Waals surface area (Å²) in [5, 5.41) is 9.38. The SMILES string of the molecule is CCCCCOC(=O)CCCCCCCN(CCO)CCCCCCCC(=O)Oc1ccc(CC)cc1. The Hall–Kier alpha value is -1.92. The van der Waals surface area contributed by atoms with Crippen molar-refractivity contribution in [2.45, 2.75) is 117 Å². The fourth-order valence-electron chi connectivity index (χ4n) is 4.33. The highest BCUT2D eigenvalue weighted by Crippen LogP contribution is 2.15. The van der Waals surface area contributed by atoms with E-state index in [1.807, 2.05) is 24.3 Å². The van der Waals surface area contributed by atoms with E-state index in [-0.39, 0.29) is 18.5 Å². The molecule has 1 aromatic rings. The monoisotopic (exact) mass is 519 g/mol. The molecule has 37 heavy (non-hydrogen) atoms. The van der Waals surface area contributed by atoms with E-state index < -0.39 is 0 Å². The lowest BCUT2D eigenvalue weighted by Gasteiger charge is -2.21. The third kappa shape index (κ3) is 18.9. The fraction of sp³-hybridized carbons (Fsp3) is 0.742. The average molecular weight is 520 g/mol. The largest absolute Gasteiger partial charge is 0.466 e. The van der Waals surface area contributed by atoms with E-state index in [1.54, 1.807) is 0 Å². The van der Waals surface area contributed by atoms with Crippen LogP contribution in [-0.2, 0) is 20.7 Å². The number of unbranched alkanes of at least 4 members (excludes halogenated alkanes) is 10. The number of esters is 2. The summed E-state index contributed by atoms with van der Waals surface area (Å²) in [5.41, 5.74) is 1.24. The second-order valence-corrected chi connectivity index (χ2v) is 10.00. The Bertz CT molecular complexity index is 691. The van der Waals surface area contributed by atoms with E-state index in [2.05, 4.69) is 18.7 Å². The molecule has 0 aliphatic heterocycles. The molecule has 0 aliphatic rings. The van der Waals surface area contributed by atoms with Crippen molar-refractivity contribution in [1.82, 2.24) is 4.90 Å². The third-order valence-corrected chi connectivity index (χ3v) is 6.70. The maximum atomic E-state index is 12.0. The quantitative estimate of drug-likeness (QED) is 0.0913. The second kappa shape index (κ2) is 23.2. The zero-order valence-corrected chi connectivity index (χ0v) is 23.7. The molecule has 0 atom stereocenters. The smallest absolute Gasteiger partial charge is 0.311 e. The molecule has 0 radical (unpaired) electrons. The fourth-order valence-corrected chi connectivity index (χ4v) is 4.33. The van der Waals surface area contributed by atoms with Gasteiger partial charge in [-0.25, -0.2) is 0 Å². The van der Waals surface area contributed by atoms with Crippen LogP contribution in [0.1, 0.15) is 116 Å². The summed E-state index contributed by atoms with van der Waals surface area (Å²) < 4.78 is 10.7. The highest BCUT2D eigenvalue weighted by Gasteiger charge is 2.07. The van der Waals surface area contributed by atoms with E-state index in [9.17, 15) is 14.7 Å². The predicted molar refractivity (Wildman–Crippen MR) is 151 cm³/mol. The van der Waals surface area contributed by atoms with Crippen molar-refractivity contribution in [2.24, 2.45) is 0 Å². The molecule has 212 valence electrons. The Morgan fingerprint density at radius 3 is 1.84 bits per heavy atom. The van der Waals surface area contributed by atoms with Gasteiger partial charge in [-0.3, -0.25) is 9.59 Å². The van der Waals surface area contributed by atoms with Crippen LogP contribution in [0.4, 0.5) is 0 Å². The Kier molecular flexibility index (Phi) is 20.8. The molecule has 0 aliphatic carbocycles. The number of aliphatic hydroxyl groups excluding tert-OH is 1. The van der Waals surface area contributed by atoms with Crippen LogP contribution in [0.3, 0.4) is 0 Å². The maximum absolute atomic E-state index is 12.0. The molecule has 0 amide bonds. The Balaban J connectivity index is 1.99. The van der Waals surface area contributed by atoms with Crippen molar-refractivity contribution < 1.29 is 24.2 Å². The van der Waals surface area contributed by atoms with Gasteiger partial charge in [0.2, 0.25) is 0 Å². The molecule has 0 unspecified atom stereocenters. The molecule has 0 saturated carbocycles. The number of aryl methyl sites for hydroxylation is 1. The van der Waals surface area contributed by atoms with Gasteiger partial charge in [0.1, 0.15) is 5.75 Å². The maximum Gasteiger partial charge on any atom is 0.311 e. The first-order valence-corrected chi connectivity index (χ1v) is 14.9. The molecule has 6 heteroatoms. The molecule has 0 saturated heterocycles. The molecule has 1 N–H and O–H groups in total. The standard InChI is InChI=1S/C31H53NO5/c1-3-5-16-27-36-30(34)17-12-8-6-10-14-23-32(25-26-33)24-15-11-7-9-13-18-31(35)37-29-21-19-28(4-2)20-22-29/h19-22,33H,3-18,23-27H2,1-2H3. The molecule has 6 nitrogen and oxygen atoms in total. The number of benzene rings is 1. The lowest BCUT2D eigenvalue weighted by Crippen LogP contribution is -2.29. The van der Waals surface area contributed by atoms with E-state index in [4.69, 9.17) is 9.47 Å². The molecular weight excluding hydrogens is 466 g/mol. The Morgan fingerprint density at radius 1 is 0.703 bits per heavy atom. The molecule has 1 rings (SSSR count). The van der Waals surface area contributed by atoms with Gasteiger partial charge in [0.15, 0.2) is 0 Å². The van der Waals surface area contributed by atoms with Crippen LogP contribution in [0.2, 0.25) is 0 Å². The molecule has 0 bridgehead atoms. The van der Waals surface area contributed by atoms with Gasteiger partial charge in [-0.1, -0.05) is 77.3 Å². The molecule has 1 aromatic carbocycles. The topological polar surface area (TPSA) is 76.1 Å². The number of ether oxygens (including phenoxy) is 2. The van der Waals surface area contributed by atoms with Gasteiger partial charge >= 0.3 is 11.9 Å². The number of hydrogen-bond donors (Lipinski definition) is 1. The lowest BCUT2D eigenvalue weighted by molar-refractivity contribution is -0.144. The average Bonchev–Trinajstić information content (AvgIpc) is 2.90. The van der Waals surface area contributed by atoms with Gasteiger partial charge < -0.3 is 19.5 Å². The molecule has 0 fully saturated rings. The minimum atomic E-state index is -0.152. The highest BCUT2D eigenvalue weighted by atomic mass is 16.5. The third-order valence-electron chi connectivity index (χ3n) is 6.70. The Morgan fingerprint density at radius 2 is 1.27 bits per heavy atom. The summed E-state index contributed by atoms with van der Waals surface area (Å²) in [4.78, 5) is 26.1. The zero-order chi connectivity index (χ0) is 27.0. The van der Waals surface area contributed by atoms with E-state index in [0.717, 1.165) is 110 Å². The van der Waals surface area contributed by atoms with Crippen molar-refractivity contribution in [2.75, 3.05) is 32.8 Å². The summed E-state index contributed by atoms with van der Waals surface area (Å²) in [6, 6.07) is 7.73. The van der Waals surface area contributed by atoms with Crippen molar-refractivity contribution in [3.63, 3.8) is 0 Å². The van der Waals surface area contributed by atoms with Gasteiger partial charge in [-0.15, -0.1) is 0 Å². The van der Waals surface area contributed by atoms with Crippen LogP contribution in [0.25, 0.3) is 0 Å². The lowest BCUT2D eigenvalue weighted by atomic mass is 10.1. The summed E-state index contributed by atoms with van der Waals surface area (Å²) in [6.45, 7) is 7.78. The molecule has 0 heterocycles. The number of carbonyl (C=O) groups excluding carboxylic acids is 2. The van der Waals surface area contributed by atoms with Crippen molar-refractivity contribution in [3.8, 4) is 5.75 Å². The minimum absolute atomic E-state index is 0.0530. The highest BCUT2D eigenvalue weighted by molar-refractivity contribution is 5.72. The van der Waals surface area contributed by atoms with Crippen LogP contribution in [0.5, 0.6) is 5.75 Å². The van der Waals surface area contributed by atoms with Crippen LogP contribution >= 0.6 is 0 Å². The van der Waals surface area contributed by atoms with Gasteiger partial charge in [0, 0.05) is 19.4 Å². The van der Waals surface area contributed by atoms with E-state index >= 15 is 0 Å². The minimum Gasteiger partial charge on any atom is -0.466 e. The van der Waals surface area contributed by atoms with E-state index in [1.165, 1.54) is 5.56 Å². The normalized spacial score (nSPS) is 11.1. The summed E-state index contributed by atoms with van der Waals surface area (Å²) >= 11 is 0. The summed E-state index contributed by atoms with van der Waals surface area (Å²) in [6.07, 6.45) is 15.9. The predicted octanol–water partition coefficient (Wildman–Crippen LogP) is 6.86. The second-order valence-electron chi connectivity index (χ2n) is 10.00. The van der Waals surface area contributed by atoms with Crippen molar-refractivity contribution >= 4 is 11.9 Å². The first-order valence-electron chi connectivity index (χ1n) is 14.9. The van der Waals surface area contributed by atoms with Gasteiger partial charge in [-0.2, -0.15) is 0 Å². The Labute approximate surface area is 226 Å². The van der Waals surface area contributed by atoms with Crippen LogP contribution < -0.4 is 4.74 Å². The van der Waals surface area contributed by atoms with Crippen LogP contribution in [-0.4, -0.2) is 54.8 Å². The van der Waals surface area contributed by atoms with Crippen LogP contribution in [0, 0.1) is 0 Å². The van der Waals surface area contributed by atoms with Gasteiger partial charge in [0.25, 0.3) is 0 Å². The first kappa shape index (κ1) is 33.1.